The summed E-state index contributed by atoms with van der Waals surface area (Å²) in [6, 6.07) is 4.36. The van der Waals surface area contributed by atoms with Gasteiger partial charge in [-0.25, -0.2) is 4.39 Å². The Hall–Kier alpha value is -1.42. The van der Waals surface area contributed by atoms with Crippen molar-refractivity contribution in [1.29, 1.82) is 0 Å². The molecule has 0 saturated carbocycles. The first-order chi connectivity index (χ1) is 8.04. The number of hydrogen-bond donors (Lipinski definition) is 1. The number of ketones is 1. The molecule has 94 valence electrons. The molecule has 0 aliphatic heterocycles. The van der Waals surface area contributed by atoms with Crippen molar-refractivity contribution in [2.75, 3.05) is 6.61 Å². The van der Waals surface area contributed by atoms with Gasteiger partial charge in [-0.15, -0.1) is 0 Å². The Morgan fingerprint density at radius 2 is 2.24 bits per heavy atom. The van der Waals surface area contributed by atoms with Gasteiger partial charge in [-0.2, -0.15) is 0 Å². The zero-order valence-corrected chi connectivity index (χ0v) is 10.2. The smallest absolute Gasteiger partial charge is 0.165 e. The van der Waals surface area contributed by atoms with Crippen LogP contribution in [0.4, 0.5) is 4.39 Å². The summed E-state index contributed by atoms with van der Waals surface area (Å²) in [7, 11) is 0. The number of rotatable bonds is 6. The van der Waals surface area contributed by atoms with E-state index in [0.717, 1.165) is 0 Å². The number of nitrogens with two attached hydrogens (primary N) is 1. The van der Waals surface area contributed by atoms with Crippen molar-refractivity contribution in [1.82, 2.24) is 0 Å². The van der Waals surface area contributed by atoms with E-state index in [4.69, 9.17) is 10.5 Å². The Balaban J connectivity index is 2.71. The SMILES string of the molecule is CCOc1ccc(C(N)CCC(C)=O)cc1F. The van der Waals surface area contributed by atoms with Crippen molar-refractivity contribution in [3.8, 4) is 5.75 Å². The van der Waals surface area contributed by atoms with Crippen molar-refractivity contribution in [3.05, 3.63) is 29.6 Å². The van der Waals surface area contributed by atoms with Gasteiger partial charge in [0.2, 0.25) is 0 Å². The third kappa shape index (κ3) is 4.15. The van der Waals surface area contributed by atoms with Crippen LogP contribution in [-0.4, -0.2) is 12.4 Å². The Morgan fingerprint density at radius 3 is 2.76 bits per heavy atom. The highest BCUT2D eigenvalue weighted by Gasteiger charge is 2.10. The molecule has 2 N–H and O–H groups in total. The highest BCUT2D eigenvalue weighted by molar-refractivity contribution is 5.75. The fourth-order valence-corrected chi connectivity index (χ4v) is 1.55. The molecule has 0 aliphatic carbocycles. The summed E-state index contributed by atoms with van der Waals surface area (Å²) < 4.78 is 18.6. The maximum absolute atomic E-state index is 13.5. The van der Waals surface area contributed by atoms with Crippen LogP contribution in [0.25, 0.3) is 0 Å². The summed E-state index contributed by atoms with van der Waals surface area (Å²) in [4.78, 5) is 10.8. The van der Waals surface area contributed by atoms with Crippen LogP contribution >= 0.6 is 0 Å². The monoisotopic (exact) mass is 239 g/mol. The van der Waals surface area contributed by atoms with Gasteiger partial charge in [-0.1, -0.05) is 6.07 Å². The molecule has 0 saturated heterocycles. The standard InChI is InChI=1S/C13H18FNO2/c1-3-17-13-7-5-10(8-11(13)14)12(15)6-4-9(2)16/h5,7-8,12H,3-4,6,15H2,1-2H3. The minimum absolute atomic E-state index is 0.0897. The second-order valence-electron chi connectivity index (χ2n) is 3.97. The lowest BCUT2D eigenvalue weighted by Gasteiger charge is -2.12. The van der Waals surface area contributed by atoms with E-state index in [9.17, 15) is 9.18 Å². The first kappa shape index (κ1) is 13.6. The molecule has 4 heteroatoms. The van der Waals surface area contributed by atoms with Gasteiger partial charge in [0, 0.05) is 12.5 Å². The number of carbonyl (C=O) groups excluding carboxylic acids is 1. The average molecular weight is 239 g/mol. The highest BCUT2D eigenvalue weighted by Crippen LogP contribution is 2.23. The number of Topliss-reactive ketones (excluding diaryl/α,β-unsaturated/α-hetero) is 1. The fraction of sp³-hybridized carbons (Fsp3) is 0.462. The van der Waals surface area contributed by atoms with Gasteiger partial charge in [0.25, 0.3) is 0 Å². The average Bonchev–Trinajstić information content (AvgIpc) is 2.28. The van der Waals surface area contributed by atoms with Crippen LogP contribution in [0.5, 0.6) is 5.75 Å². The molecule has 17 heavy (non-hydrogen) atoms. The molecular formula is C13H18FNO2. The van der Waals surface area contributed by atoms with E-state index in [1.165, 1.54) is 13.0 Å². The lowest BCUT2D eigenvalue weighted by molar-refractivity contribution is -0.117. The van der Waals surface area contributed by atoms with Gasteiger partial charge in [0.15, 0.2) is 11.6 Å². The maximum Gasteiger partial charge on any atom is 0.165 e. The highest BCUT2D eigenvalue weighted by atomic mass is 19.1. The van der Waals surface area contributed by atoms with Crippen LogP contribution in [-0.2, 0) is 4.79 Å². The maximum atomic E-state index is 13.5. The number of halogens is 1. The van der Waals surface area contributed by atoms with Gasteiger partial charge in [0.05, 0.1) is 6.61 Å². The van der Waals surface area contributed by atoms with Crippen molar-refractivity contribution < 1.29 is 13.9 Å². The van der Waals surface area contributed by atoms with Gasteiger partial charge >= 0.3 is 0 Å². The minimum Gasteiger partial charge on any atom is -0.491 e. The minimum atomic E-state index is -0.414. The molecule has 1 aromatic carbocycles. The third-order valence-corrected chi connectivity index (χ3v) is 2.49. The van der Waals surface area contributed by atoms with Crippen LogP contribution in [0.1, 0.15) is 38.3 Å². The van der Waals surface area contributed by atoms with Gasteiger partial charge < -0.3 is 15.3 Å². The molecule has 0 bridgehead atoms. The van der Waals surface area contributed by atoms with Crippen molar-refractivity contribution in [2.24, 2.45) is 5.73 Å². The van der Waals surface area contributed by atoms with E-state index in [1.807, 2.05) is 0 Å². The van der Waals surface area contributed by atoms with Crippen LogP contribution in [0.15, 0.2) is 18.2 Å². The topological polar surface area (TPSA) is 52.3 Å². The summed E-state index contributed by atoms with van der Waals surface area (Å²) in [5.41, 5.74) is 6.56. The molecule has 0 aromatic heterocycles. The first-order valence-corrected chi connectivity index (χ1v) is 5.71. The van der Waals surface area contributed by atoms with Gasteiger partial charge in [-0.3, -0.25) is 0 Å². The van der Waals surface area contributed by atoms with Gasteiger partial charge in [-0.05, 0) is 38.0 Å². The van der Waals surface area contributed by atoms with E-state index >= 15 is 0 Å². The molecule has 0 spiro atoms. The largest absolute Gasteiger partial charge is 0.491 e. The summed E-state index contributed by atoms with van der Waals surface area (Å²) in [5.74, 6) is -0.0931. The number of carbonyl (C=O) groups is 1. The summed E-state index contributed by atoms with van der Waals surface area (Å²) >= 11 is 0. The molecule has 0 amide bonds. The zero-order valence-electron chi connectivity index (χ0n) is 10.2. The number of hydrogen-bond acceptors (Lipinski definition) is 3. The molecule has 0 radical (unpaired) electrons. The van der Waals surface area contributed by atoms with E-state index in [1.54, 1.807) is 19.1 Å². The summed E-state index contributed by atoms with van der Waals surface area (Å²) in [6.45, 7) is 3.74. The van der Waals surface area contributed by atoms with Gasteiger partial charge in [0.1, 0.15) is 5.78 Å². The zero-order chi connectivity index (χ0) is 12.8. The molecule has 1 atom stereocenters. The van der Waals surface area contributed by atoms with Crippen molar-refractivity contribution in [3.63, 3.8) is 0 Å². The second kappa shape index (κ2) is 6.35. The fourth-order valence-electron chi connectivity index (χ4n) is 1.55. The summed E-state index contributed by atoms with van der Waals surface area (Å²) in [5, 5.41) is 0. The lowest BCUT2D eigenvalue weighted by Crippen LogP contribution is -2.12. The van der Waals surface area contributed by atoms with Crippen LogP contribution in [0.2, 0.25) is 0 Å². The molecule has 3 nitrogen and oxygen atoms in total. The van der Waals surface area contributed by atoms with E-state index in [2.05, 4.69) is 0 Å². The number of ether oxygens (including phenoxy) is 1. The molecule has 1 aromatic rings. The normalized spacial score (nSPS) is 12.2. The predicted molar refractivity (Wildman–Crippen MR) is 64.4 cm³/mol. The Labute approximate surface area is 101 Å². The van der Waals surface area contributed by atoms with Crippen LogP contribution < -0.4 is 10.5 Å². The van der Waals surface area contributed by atoms with Crippen molar-refractivity contribution in [2.45, 2.75) is 32.7 Å². The Morgan fingerprint density at radius 1 is 1.53 bits per heavy atom. The van der Waals surface area contributed by atoms with Crippen LogP contribution in [0.3, 0.4) is 0 Å². The first-order valence-electron chi connectivity index (χ1n) is 5.71. The molecule has 0 heterocycles. The second-order valence-corrected chi connectivity index (χ2v) is 3.97. The molecular weight excluding hydrogens is 221 g/mol. The quantitative estimate of drug-likeness (QED) is 0.830. The van der Waals surface area contributed by atoms with E-state index < -0.39 is 5.82 Å². The third-order valence-electron chi connectivity index (χ3n) is 2.49. The van der Waals surface area contributed by atoms with E-state index in [-0.39, 0.29) is 17.6 Å². The molecule has 1 unspecified atom stereocenters. The molecule has 0 fully saturated rings. The van der Waals surface area contributed by atoms with Crippen LogP contribution in [0, 0.1) is 5.82 Å². The van der Waals surface area contributed by atoms with E-state index in [0.29, 0.717) is 25.0 Å². The lowest BCUT2D eigenvalue weighted by atomic mass is 10.0. The summed E-state index contributed by atoms with van der Waals surface area (Å²) in [6.07, 6.45) is 0.943. The Kier molecular flexibility index (Phi) is 5.10. The van der Waals surface area contributed by atoms with Crippen molar-refractivity contribution >= 4 is 5.78 Å². The Bertz CT molecular complexity index is 393. The molecule has 1 rings (SSSR count). The number of benzene rings is 1. The molecule has 0 aliphatic rings. The predicted octanol–water partition coefficient (Wildman–Crippen LogP) is 2.59.